The molecule has 1 aromatic carbocycles. The molecule has 0 amide bonds. The highest BCUT2D eigenvalue weighted by Gasteiger charge is 2.34. The molecule has 216 valence electrons. The zero-order valence-electron chi connectivity index (χ0n) is 26.1. The largest absolute Gasteiger partial charge is 0.300 e. The van der Waals surface area contributed by atoms with Crippen LogP contribution in [0.2, 0.25) is 0 Å². The van der Waals surface area contributed by atoms with Gasteiger partial charge >= 0.3 is 0 Å². The van der Waals surface area contributed by atoms with Crippen LogP contribution in [0.1, 0.15) is 140 Å². The highest BCUT2D eigenvalue weighted by molar-refractivity contribution is 6.01. The second kappa shape index (κ2) is 16.1. The van der Waals surface area contributed by atoms with E-state index in [1.165, 1.54) is 42.0 Å². The van der Waals surface area contributed by atoms with Gasteiger partial charge in [0.2, 0.25) is 0 Å². The van der Waals surface area contributed by atoms with Crippen LogP contribution < -0.4 is 0 Å². The molecule has 0 N–H and O–H groups in total. The van der Waals surface area contributed by atoms with Crippen LogP contribution >= 0.6 is 0 Å². The van der Waals surface area contributed by atoms with Gasteiger partial charge < -0.3 is 0 Å². The van der Waals surface area contributed by atoms with E-state index < -0.39 is 0 Å². The van der Waals surface area contributed by atoms with Crippen molar-refractivity contribution in [3.05, 3.63) is 52.1 Å². The molecule has 0 spiro atoms. The second-order valence-electron chi connectivity index (χ2n) is 12.5. The Morgan fingerprint density at radius 2 is 1.69 bits per heavy atom. The smallest absolute Gasteiger partial charge is 0.163 e. The number of hydrogen-bond acceptors (Lipinski definition) is 3. The first-order valence-electron chi connectivity index (χ1n) is 15.6. The van der Waals surface area contributed by atoms with Gasteiger partial charge in [-0.25, -0.2) is 0 Å². The number of rotatable bonds is 13. The van der Waals surface area contributed by atoms with E-state index in [0.29, 0.717) is 12.3 Å². The average Bonchev–Trinajstić information content (AvgIpc) is 3.32. The summed E-state index contributed by atoms with van der Waals surface area (Å²) in [6.07, 6.45) is 14.2. The maximum absolute atomic E-state index is 13.4. The highest BCUT2D eigenvalue weighted by Crippen LogP contribution is 2.41. The van der Waals surface area contributed by atoms with Gasteiger partial charge in [-0.15, -0.1) is 0 Å². The van der Waals surface area contributed by atoms with Crippen LogP contribution in [0.4, 0.5) is 0 Å². The van der Waals surface area contributed by atoms with Gasteiger partial charge in [0, 0.05) is 17.9 Å². The molecule has 2 aliphatic carbocycles. The van der Waals surface area contributed by atoms with Gasteiger partial charge in [-0.1, -0.05) is 90.7 Å². The van der Waals surface area contributed by atoms with E-state index in [0.717, 1.165) is 56.1 Å². The monoisotopic (exact) mass is 534 g/mol. The predicted molar refractivity (Wildman–Crippen MR) is 165 cm³/mol. The fourth-order valence-corrected chi connectivity index (χ4v) is 6.45. The highest BCUT2D eigenvalue weighted by atomic mass is 16.1. The van der Waals surface area contributed by atoms with Crippen LogP contribution in [0.5, 0.6) is 0 Å². The third kappa shape index (κ3) is 9.40. The molecular formula is C36H54O3. The Morgan fingerprint density at radius 1 is 1.00 bits per heavy atom. The number of ketones is 3. The van der Waals surface area contributed by atoms with E-state index in [9.17, 15) is 14.4 Å². The summed E-state index contributed by atoms with van der Waals surface area (Å²) in [5, 5.41) is 0. The van der Waals surface area contributed by atoms with Gasteiger partial charge in [0.15, 0.2) is 5.78 Å². The number of Topliss-reactive ketones (excluding diaryl/α,β-unsaturated/α-hetero) is 3. The van der Waals surface area contributed by atoms with Gasteiger partial charge in [0.05, 0.1) is 6.42 Å². The molecule has 1 aromatic rings. The quantitative estimate of drug-likeness (QED) is 0.237. The third-order valence-electron chi connectivity index (χ3n) is 8.23. The third-order valence-corrected chi connectivity index (χ3v) is 8.23. The lowest BCUT2D eigenvalue weighted by Gasteiger charge is -2.32. The maximum Gasteiger partial charge on any atom is 0.163 e. The summed E-state index contributed by atoms with van der Waals surface area (Å²) in [4.78, 5) is 38.0. The minimum atomic E-state index is -0.0902. The van der Waals surface area contributed by atoms with Gasteiger partial charge in [0.1, 0.15) is 11.6 Å². The first kappa shape index (κ1) is 32.9. The Morgan fingerprint density at radius 3 is 2.28 bits per heavy atom. The Balaban J connectivity index is 0.00000170. The number of allylic oxidation sites excluding steroid dienone is 4. The zero-order valence-corrected chi connectivity index (χ0v) is 26.1. The van der Waals surface area contributed by atoms with E-state index in [1.807, 2.05) is 0 Å². The lowest BCUT2D eigenvalue weighted by Crippen LogP contribution is -2.30. The SMILES string of the molecule is CCC.CCCC(CC1CC(=O)c2c(C)ccc(C3=CC=C(CCC(C)C)C3)c2C1)C(CC)C(=O)CC(C)=O. The van der Waals surface area contributed by atoms with E-state index in [-0.39, 0.29) is 41.5 Å². The van der Waals surface area contributed by atoms with E-state index in [2.05, 4.69) is 72.8 Å². The molecular weight excluding hydrogens is 480 g/mol. The van der Waals surface area contributed by atoms with Crippen LogP contribution in [-0.4, -0.2) is 17.3 Å². The predicted octanol–water partition coefficient (Wildman–Crippen LogP) is 9.69. The van der Waals surface area contributed by atoms with Crippen LogP contribution in [0.3, 0.4) is 0 Å². The summed E-state index contributed by atoms with van der Waals surface area (Å²) in [5.74, 6) is 1.37. The van der Waals surface area contributed by atoms with E-state index in [1.54, 1.807) is 0 Å². The van der Waals surface area contributed by atoms with E-state index in [4.69, 9.17) is 0 Å². The number of carbonyl (C=O) groups is 3. The Bertz CT molecular complexity index is 1060. The minimum Gasteiger partial charge on any atom is -0.300 e. The topological polar surface area (TPSA) is 51.2 Å². The molecule has 0 saturated carbocycles. The lowest BCUT2D eigenvalue weighted by molar-refractivity contribution is -0.129. The zero-order chi connectivity index (χ0) is 29.1. The van der Waals surface area contributed by atoms with Crippen molar-refractivity contribution in [1.82, 2.24) is 0 Å². The maximum atomic E-state index is 13.4. The minimum absolute atomic E-state index is 0.0365. The molecule has 0 radical (unpaired) electrons. The molecule has 3 rings (SSSR count). The van der Waals surface area contributed by atoms with E-state index >= 15 is 0 Å². The number of carbonyl (C=O) groups excluding carboxylic acids is 3. The molecule has 3 nitrogen and oxygen atoms in total. The number of aryl methyl sites for hydroxylation is 1. The molecule has 3 heteroatoms. The molecule has 39 heavy (non-hydrogen) atoms. The standard InChI is InChI=1S/C33H46O3.C3H8/c1-7-9-26(28(8-2)31(35)16-23(6)34)18-25-19-30-29(15-11-22(5)33(30)32(36)20-25)27-14-13-24(17-27)12-10-21(3)4;1-3-2/h11,13-15,21,25-26,28H,7-10,12,16-20H2,1-6H3;3H2,1-2H3. The molecule has 3 atom stereocenters. The Labute approximate surface area is 238 Å². The normalized spacial score (nSPS) is 18.1. The van der Waals surface area contributed by atoms with Crippen LogP contribution in [0.25, 0.3) is 5.57 Å². The molecule has 0 aliphatic heterocycles. The molecule has 0 aromatic heterocycles. The van der Waals surface area contributed by atoms with Crippen molar-refractivity contribution in [2.45, 2.75) is 126 Å². The summed E-state index contributed by atoms with van der Waals surface area (Å²) < 4.78 is 0. The van der Waals surface area contributed by atoms with Crippen molar-refractivity contribution in [3.8, 4) is 0 Å². The number of benzene rings is 1. The summed E-state index contributed by atoms with van der Waals surface area (Å²) >= 11 is 0. The molecule has 3 unspecified atom stereocenters. The molecule has 0 fully saturated rings. The van der Waals surface area contributed by atoms with Crippen LogP contribution in [-0.2, 0) is 16.0 Å². The summed E-state index contributed by atoms with van der Waals surface area (Å²) in [7, 11) is 0. The van der Waals surface area contributed by atoms with Crippen molar-refractivity contribution in [3.63, 3.8) is 0 Å². The van der Waals surface area contributed by atoms with Gasteiger partial charge in [-0.2, -0.15) is 0 Å². The average molecular weight is 535 g/mol. The number of hydrogen-bond donors (Lipinski definition) is 0. The Kier molecular flexibility index (Phi) is 13.6. The lowest BCUT2D eigenvalue weighted by atomic mass is 9.71. The first-order chi connectivity index (χ1) is 18.6. The molecule has 0 bridgehead atoms. The summed E-state index contributed by atoms with van der Waals surface area (Å²) in [5.41, 5.74) is 7.32. The van der Waals surface area contributed by atoms with Crippen molar-refractivity contribution in [2.24, 2.45) is 23.7 Å². The van der Waals surface area contributed by atoms with Crippen molar-refractivity contribution in [1.29, 1.82) is 0 Å². The summed E-state index contributed by atoms with van der Waals surface area (Å²) in [6, 6.07) is 4.34. The van der Waals surface area contributed by atoms with Crippen molar-refractivity contribution >= 4 is 22.9 Å². The first-order valence-corrected chi connectivity index (χ1v) is 15.6. The second-order valence-corrected chi connectivity index (χ2v) is 12.5. The Hall–Kier alpha value is -2.29. The fourth-order valence-electron chi connectivity index (χ4n) is 6.45. The van der Waals surface area contributed by atoms with Crippen molar-refractivity contribution < 1.29 is 14.4 Å². The fraction of sp³-hybridized carbons (Fsp3) is 0.639. The van der Waals surface area contributed by atoms with Gasteiger partial charge in [-0.05, 0) is 92.4 Å². The van der Waals surface area contributed by atoms with Crippen LogP contribution in [0, 0.1) is 30.6 Å². The van der Waals surface area contributed by atoms with Gasteiger partial charge in [0.25, 0.3) is 0 Å². The van der Waals surface area contributed by atoms with Crippen molar-refractivity contribution in [2.75, 3.05) is 0 Å². The molecule has 2 aliphatic rings. The number of fused-ring (bicyclic) bond motifs is 1. The van der Waals surface area contributed by atoms with Crippen LogP contribution in [0.15, 0.2) is 29.9 Å². The van der Waals surface area contributed by atoms with Gasteiger partial charge in [-0.3, -0.25) is 14.4 Å². The summed E-state index contributed by atoms with van der Waals surface area (Å²) in [6.45, 7) is 16.6. The molecule has 0 saturated heterocycles. The molecule has 0 heterocycles.